The second-order valence-corrected chi connectivity index (χ2v) is 10.6. The van der Waals surface area contributed by atoms with E-state index in [0.717, 1.165) is 15.6 Å². The Morgan fingerprint density at radius 3 is 2.41 bits per heavy atom. The van der Waals surface area contributed by atoms with Gasteiger partial charge in [-0.25, -0.2) is 0 Å². The summed E-state index contributed by atoms with van der Waals surface area (Å²) in [4.78, 5) is 24.8. The molecule has 2 rings (SSSR count). The van der Waals surface area contributed by atoms with E-state index in [1.165, 1.54) is 0 Å². The molecule has 4 nitrogen and oxygen atoms in total. The number of thioether (sulfide) groups is 1. The van der Waals surface area contributed by atoms with Crippen LogP contribution in [-0.2, 0) is 27.4 Å². The third-order valence-electron chi connectivity index (χ3n) is 4.11. The van der Waals surface area contributed by atoms with Crippen molar-refractivity contribution in [2.24, 2.45) is 5.92 Å². The quantitative estimate of drug-likeness (QED) is 0.516. The van der Waals surface area contributed by atoms with Gasteiger partial charge >= 0.3 is 5.97 Å². The molecule has 0 aliphatic carbocycles. The number of hydrogen-bond donors (Lipinski definition) is 1. The maximum absolute atomic E-state index is 12.8. The molecule has 0 aliphatic heterocycles. The first-order valence-electron chi connectivity index (χ1n) is 9.58. The topological polar surface area (TPSA) is 55.4 Å². The number of halogens is 1. The maximum Gasteiger partial charge on any atom is 0.325 e. The Morgan fingerprint density at radius 1 is 1.07 bits per heavy atom. The van der Waals surface area contributed by atoms with Crippen molar-refractivity contribution in [3.8, 4) is 0 Å². The summed E-state index contributed by atoms with van der Waals surface area (Å²) in [6.07, 6.45) is 0.618. The number of carbonyl (C=O) groups is 2. The van der Waals surface area contributed by atoms with Crippen molar-refractivity contribution in [2.75, 3.05) is 12.3 Å². The summed E-state index contributed by atoms with van der Waals surface area (Å²) in [6.45, 7) is 6.48. The monoisotopic (exact) mass is 477 g/mol. The Hall–Kier alpha value is -1.79. The Labute approximate surface area is 185 Å². The molecule has 0 bridgehead atoms. The van der Waals surface area contributed by atoms with E-state index < -0.39 is 5.97 Å². The summed E-state index contributed by atoms with van der Waals surface area (Å²) in [5.41, 5.74) is 2.00. The van der Waals surface area contributed by atoms with Gasteiger partial charge in [0.15, 0.2) is 0 Å². The molecule has 0 fully saturated rings. The second-order valence-electron chi connectivity index (χ2n) is 7.82. The number of benzene rings is 2. The van der Waals surface area contributed by atoms with Gasteiger partial charge in [-0.05, 0) is 29.7 Å². The lowest BCUT2D eigenvalue weighted by Crippen LogP contribution is -2.37. The van der Waals surface area contributed by atoms with Crippen molar-refractivity contribution in [3.63, 3.8) is 0 Å². The third-order valence-corrected chi connectivity index (χ3v) is 6.04. The van der Waals surface area contributed by atoms with Crippen LogP contribution in [0.4, 0.5) is 0 Å². The molecule has 6 heteroatoms. The fraction of sp³-hybridized carbons (Fsp3) is 0.391. The van der Waals surface area contributed by atoms with Crippen LogP contribution in [0.3, 0.4) is 0 Å². The van der Waals surface area contributed by atoms with Crippen molar-refractivity contribution < 1.29 is 14.3 Å². The summed E-state index contributed by atoms with van der Waals surface area (Å²) >= 11 is 5.23. The number of carbonyl (C=O) groups excluding carboxylic acids is 2. The van der Waals surface area contributed by atoms with Crippen LogP contribution in [0.1, 0.15) is 31.9 Å². The van der Waals surface area contributed by atoms with Crippen LogP contribution in [-0.4, -0.2) is 28.9 Å². The number of esters is 1. The van der Waals surface area contributed by atoms with Crippen molar-refractivity contribution in [1.29, 1.82) is 0 Å². The van der Waals surface area contributed by atoms with Crippen molar-refractivity contribution >= 4 is 39.6 Å². The zero-order valence-corrected chi connectivity index (χ0v) is 19.5. The average molecular weight is 478 g/mol. The van der Waals surface area contributed by atoms with Crippen LogP contribution < -0.4 is 5.32 Å². The van der Waals surface area contributed by atoms with Gasteiger partial charge in [0.1, 0.15) is 13.2 Å². The van der Waals surface area contributed by atoms with Gasteiger partial charge in [0.2, 0.25) is 5.91 Å². The van der Waals surface area contributed by atoms with E-state index in [1.807, 2.05) is 54.6 Å². The first kappa shape index (κ1) is 23.5. The molecule has 1 unspecified atom stereocenters. The Balaban J connectivity index is 1.90. The molecule has 1 atom stereocenters. The molecular weight excluding hydrogens is 450 g/mol. The van der Waals surface area contributed by atoms with Crippen molar-refractivity contribution in [1.82, 2.24) is 5.32 Å². The third kappa shape index (κ3) is 9.50. The van der Waals surface area contributed by atoms with Crippen molar-refractivity contribution in [3.05, 3.63) is 70.2 Å². The molecule has 1 N–H and O–H groups in total. The van der Waals surface area contributed by atoms with E-state index in [2.05, 4.69) is 42.0 Å². The molecule has 0 aliphatic rings. The van der Waals surface area contributed by atoms with Crippen LogP contribution in [0.15, 0.2) is 59.1 Å². The van der Waals surface area contributed by atoms with Crippen LogP contribution in [0.2, 0.25) is 0 Å². The zero-order valence-electron chi connectivity index (χ0n) is 17.1. The predicted octanol–water partition coefficient (Wildman–Crippen LogP) is 5.00. The van der Waals surface area contributed by atoms with Gasteiger partial charge in [-0.3, -0.25) is 9.59 Å². The van der Waals surface area contributed by atoms with Gasteiger partial charge in [-0.1, -0.05) is 79.2 Å². The number of amides is 1. The first-order valence-corrected chi connectivity index (χ1v) is 11.4. The molecule has 0 heterocycles. The standard InChI is InChI=1S/C23H28BrNO3S/c1-23(2,3)29-16-19(12-18-10-7-11-20(24)13-18)22(27)25-14-21(26)28-15-17-8-5-4-6-9-17/h4-11,13,19H,12,14-16H2,1-3H3,(H,25,27). The van der Waals surface area contributed by atoms with Crippen LogP contribution >= 0.6 is 27.7 Å². The van der Waals surface area contributed by atoms with Gasteiger partial charge in [0.05, 0.1) is 5.92 Å². The van der Waals surface area contributed by atoms with Gasteiger partial charge in [-0.15, -0.1) is 0 Å². The molecule has 0 saturated heterocycles. The van der Waals surface area contributed by atoms with E-state index in [-0.39, 0.29) is 29.7 Å². The molecule has 156 valence electrons. The molecular formula is C23H28BrNO3S. The van der Waals surface area contributed by atoms with E-state index in [1.54, 1.807) is 11.8 Å². The molecule has 0 spiro atoms. The lowest BCUT2D eigenvalue weighted by atomic mass is 10.0. The highest BCUT2D eigenvalue weighted by Gasteiger charge is 2.23. The number of ether oxygens (including phenoxy) is 1. The summed E-state index contributed by atoms with van der Waals surface area (Å²) in [5.74, 6) is -0.110. The highest BCUT2D eigenvalue weighted by atomic mass is 79.9. The summed E-state index contributed by atoms with van der Waals surface area (Å²) in [6, 6.07) is 17.4. The fourth-order valence-electron chi connectivity index (χ4n) is 2.62. The minimum absolute atomic E-state index is 0.0599. The first-order chi connectivity index (χ1) is 13.7. The molecule has 1 amide bonds. The van der Waals surface area contributed by atoms with Crippen LogP contribution in [0.25, 0.3) is 0 Å². The van der Waals surface area contributed by atoms with E-state index >= 15 is 0 Å². The van der Waals surface area contributed by atoms with E-state index in [0.29, 0.717) is 12.2 Å². The van der Waals surface area contributed by atoms with Crippen LogP contribution in [0, 0.1) is 5.92 Å². The van der Waals surface area contributed by atoms with Crippen LogP contribution in [0.5, 0.6) is 0 Å². The highest BCUT2D eigenvalue weighted by molar-refractivity contribution is 9.10. The number of nitrogens with one attached hydrogen (secondary N) is 1. The lowest BCUT2D eigenvalue weighted by Gasteiger charge is -2.22. The minimum Gasteiger partial charge on any atom is -0.460 e. The Morgan fingerprint density at radius 2 is 1.76 bits per heavy atom. The molecule has 29 heavy (non-hydrogen) atoms. The lowest BCUT2D eigenvalue weighted by molar-refractivity contribution is -0.145. The number of rotatable bonds is 9. The SMILES string of the molecule is CC(C)(C)SCC(Cc1cccc(Br)c1)C(=O)NCC(=O)OCc1ccccc1. The largest absolute Gasteiger partial charge is 0.460 e. The molecule has 0 saturated carbocycles. The molecule has 0 aromatic heterocycles. The summed E-state index contributed by atoms with van der Waals surface area (Å²) < 4.78 is 6.29. The van der Waals surface area contributed by atoms with Crippen molar-refractivity contribution in [2.45, 2.75) is 38.5 Å². The predicted molar refractivity (Wildman–Crippen MR) is 123 cm³/mol. The summed E-state index contributed by atoms with van der Waals surface area (Å²) in [7, 11) is 0. The molecule has 2 aromatic carbocycles. The van der Waals surface area contributed by atoms with E-state index in [9.17, 15) is 9.59 Å². The Kier molecular flexibility index (Phi) is 9.24. The average Bonchev–Trinajstić information content (AvgIpc) is 2.68. The number of hydrogen-bond acceptors (Lipinski definition) is 4. The molecule has 0 radical (unpaired) electrons. The van der Waals surface area contributed by atoms with E-state index in [4.69, 9.17) is 4.74 Å². The summed E-state index contributed by atoms with van der Waals surface area (Å²) in [5, 5.41) is 2.75. The Bertz CT molecular complexity index is 805. The normalized spacial score (nSPS) is 12.3. The zero-order chi connectivity index (χ0) is 21.3. The molecule has 2 aromatic rings. The smallest absolute Gasteiger partial charge is 0.325 e. The maximum atomic E-state index is 12.8. The minimum atomic E-state index is -0.438. The van der Waals surface area contributed by atoms with Gasteiger partial charge < -0.3 is 10.1 Å². The van der Waals surface area contributed by atoms with Gasteiger partial charge in [0.25, 0.3) is 0 Å². The highest BCUT2D eigenvalue weighted by Crippen LogP contribution is 2.27. The van der Waals surface area contributed by atoms with Gasteiger partial charge in [-0.2, -0.15) is 11.8 Å². The second kappa shape index (κ2) is 11.4. The van der Waals surface area contributed by atoms with Gasteiger partial charge in [0, 0.05) is 15.0 Å². The fourth-order valence-corrected chi connectivity index (χ4v) is 4.04.